The van der Waals surface area contributed by atoms with Gasteiger partial charge in [0.1, 0.15) is 0 Å². The highest BCUT2D eigenvalue weighted by Crippen LogP contribution is 2.32. The number of hydrogen-bond acceptors (Lipinski definition) is 0. The fraction of sp³-hybridized carbons (Fsp3) is 0. The Balaban J connectivity index is 2.58. The molecule has 0 unspecified atom stereocenters. The zero-order chi connectivity index (χ0) is 9.97. The molecule has 0 saturated heterocycles. The number of benzene rings is 2. The predicted octanol–water partition coefficient (Wildman–Crippen LogP) is 4.46. The minimum atomic E-state index is 0.577. The molecule has 0 heterocycles. The maximum absolute atomic E-state index is 6.08. The molecule has 0 nitrogen and oxygen atoms in total. The van der Waals surface area contributed by atoms with Gasteiger partial charge in [-0.2, -0.15) is 0 Å². The van der Waals surface area contributed by atoms with Gasteiger partial charge in [-0.3, -0.25) is 0 Å². The van der Waals surface area contributed by atoms with E-state index in [2.05, 4.69) is 6.07 Å². The smallest absolute Gasteiger partial charge is 0.0670 e. The largest absolute Gasteiger partial charge is 0.0827 e. The Labute approximate surface area is 93.1 Å². The third kappa shape index (κ3) is 1.77. The molecule has 2 aromatic carbocycles. The van der Waals surface area contributed by atoms with E-state index < -0.39 is 0 Å². The summed E-state index contributed by atoms with van der Waals surface area (Å²) in [5, 5.41) is 1.17. The van der Waals surface area contributed by atoms with Crippen LogP contribution in [0.5, 0.6) is 0 Å². The quantitative estimate of drug-likeness (QED) is 0.668. The lowest BCUT2D eigenvalue weighted by Gasteiger charge is -2.04. The molecule has 0 saturated carbocycles. The first-order valence-corrected chi connectivity index (χ1v) is 4.95. The van der Waals surface area contributed by atoms with Crippen LogP contribution in [0.25, 0.3) is 11.1 Å². The Morgan fingerprint density at radius 3 is 2.57 bits per heavy atom. The molecule has 0 bridgehead atoms. The van der Waals surface area contributed by atoms with Gasteiger partial charge in [0.15, 0.2) is 0 Å². The number of halogens is 2. The molecule has 0 amide bonds. The highest BCUT2D eigenvalue weighted by atomic mass is 35.5. The fourth-order valence-electron chi connectivity index (χ4n) is 1.29. The highest BCUT2D eigenvalue weighted by molar-refractivity contribution is 6.43. The van der Waals surface area contributed by atoms with E-state index in [-0.39, 0.29) is 0 Å². The molecule has 0 N–H and O–H groups in total. The SMILES string of the molecule is Clc1cccc(-c2c[c]ccc2)c1Cl. The van der Waals surface area contributed by atoms with Crippen LogP contribution in [0.4, 0.5) is 0 Å². The fourth-order valence-corrected chi connectivity index (χ4v) is 1.70. The van der Waals surface area contributed by atoms with Gasteiger partial charge < -0.3 is 0 Å². The predicted molar refractivity (Wildman–Crippen MR) is 60.7 cm³/mol. The van der Waals surface area contributed by atoms with Gasteiger partial charge in [0.05, 0.1) is 10.0 Å². The van der Waals surface area contributed by atoms with Gasteiger partial charge in [-0.1, -0.05) is 53.5 Å². The van der Waals surface area contributed by atoms with Crippen LogP contribution < -0.4 is 0 Å². The summed E-state index contributed by atoms with van der Waals surface area (Å²) in [6, 6.07) is 16.2. The summed E-state index contributed by atoms with van der Waals surface area (Å²) in [4.78, 5) is 0. The summed E-state index contributed by atoms with van der Waals surface area (Å²) in [5.41, 5.74) is 1.97. The summed E-state index contributed by atoms with van der Waals surface area (Å²) >= 11 is 12.0. The van der Waals surface area contributed by atoms with E-state index in [0.29, 0.717) is 10.0 Å². The van der Waals surface area contributed by atoms with Crippen molar-refractivity contribution in [3.63, 3.8) is 0 Å². The van der Waals surface area contributed by atoms with Crippen molar-refractivity contribution in [3.05, 3.63) is 58.6 Å². The molecule has 2 heteroatoms. The summed E-state index contributed by atoms with van der Waals surface area (Å²) in [7, 11) is 0. The number of rotatable bonds is 1. The van der Waals surface area contributed by atoms with Crippen molar-refractivity contribution >= 4 is 23.2 Å². The highest BCUT2D eigenvalue weighted by Gasteiger charge is 2.05. The Morgan fingerprint density at radius 2 is 1.86 bits per heavy atom. The Morgan fingerprint density at radius 1 is 1.00 bits per heavy atom. The van der Waals surface area contributed by atoms with Crippen LogP contribution in [0.3, 0.4) is 0 Å². The van der Waals surface area contributed by atoms with Crippen LogP contribution in [0.2, 0.25) is 10.0 Å². The first-order chi connectivity index (χ1) is 6.79. The molecular weight excluding hydrogens is 215 g/mol. The maximum Gasteiger partial charge on any atom is 0.0670 e. The molecule has 14 heavy (non-hydrogen) atoms. The van der Waals surface area contributed by atoms with Crippen LogP contribution in [-0.2, 0) is 0 Å². The second-order valence-electron chi connectivity index (χ2n) is 2.89. The van der Waals surface area contributed by atoms with Crippen LogP contribution >= 0.6 is 23.2 Å². The molecule has 0 aromatic heterocycles. The van der Waals surface area contributed by atoms with Gasteiger partial charge >= 0.3 is 0 Å². The Hall–Kier alpha value is -0.980. The van der Waals surface area contributed by atoms with Crippen molar-refractivity contribution in [2.75, 3.05) is 0 Å². The minimum Gasteiger partial charge on any atom is -0.0827 e. The average Bonchev–Trinajstić information content (AvgIpc) is 2.23. The average molecular weight is 222 g/mol. The van der Waals surface area contributed by atoms with Crippen molar-refractivity contribution < 1.29 is 0 Å². The molecule has 2 aromatic rings. The molecule has 69 valence electrons. The molecule has 0 fully saturated rings. The van der Waals surface area contributed by atoms with E-state index in [1.165, 1.54) is 0 Å². The van der Waals surface area contributed by atoms with Crippen molar-refractivity contribution in [3.8, 4) is 11.1 Å². The summed E-state index contributed by atoms with van der Waals surface area (Å²) in [6.07, 6.45) is 0. The van der Waals surface area contributed by atoms with E-state index in [9.17, 15) is 0 Å². The molecule has 0 aliphatic heterocycles. The van der Waals surface area contributed by atoms with Gasteiger partial charge in [-0.25, -0.2) is 0 Å². The van der Waals surface area contributed by atoms with Crippen molar-refractivity contribution in [1.29, 1.82) is 0 Å². The third-order valence-corrected chi connectivity index (χ3v) is 2.79. The Bertz CT molecular complexity index is 435. The van der Waals surface area contributed by atoms with Crippen LogP contribution in [0.1, 0.15) is 0 Å². The van der Waals surface area contributed by atoms with Gasteiger partial charge in [-0.15, -0.1) is 0 Å². The molecular formula is C12H7Cl2. The van der Waals surface area contributed by atoms with E-state index in [0.717, 1.165) is 11.1 Å². The van der Waals surface area contributed by atoms with Crippen LogP contribution in [-0.4, -0.2) is 0 Å². The monoisotopic (exact) mass is 221 g/mol. The summed E-state index contributed by atoms with van der Waals surface area (Å²) in [5.74, 6) is 0. The molecule has 0 aliphatic carbocycles. The van der Waals surface area contributed by atoms with Crippen molar-refractivity contribution in [1.82, 2.24) is 0 Å². The van der Waals surface area contributed by atoms with E-state index >= 15 is 0 Å². The Kier molecular flexibility index (Phi) is 2.76. The van der Waals surface area contributed by atoms with Gasteiger partial charge in [-0.05, 0) is 23.8 Å². The van der Waals surface area contributed by atoms with Gasteiger partial charge in [0, 0.05) is 5.56 Å². The van der Waals surface area contributed by atoms with Gasteiger partial charge in [0.2, 0.25) is 0 Å². The van der Waals surface area contributed by atoms with E-state index in [4.69, 9.17) is 23.2 Å². The third-order valence-electron chi connectivity index (χ3n) is 1.97. The van der Waals surface area contributed by atoms with Crippen molar-refractivity contribution in [2.24, 2.45) is 0 Å². The van der Waals surface area contributed by atoms with Crippen molar-refractivity contribution in [2.45, 2.75) is 0 Å². The maximum atomic E-state index is 6.08. The lowest BCUT2D eigenvalue weighted by molar-refractivity contribution is 1.61. The molecule has 0 aliphatic rings. The molecule has 1 radical (unpaired) electrons. The topological polar surface area (TPSA) is 0 Å². The zero-order valence-electron chi connectivity index (χ0n) is 7.30. The number of hydrogen-bond donors (Lipinski definition) is 0. The second-order valence-corrected chi connectivity index (χ2v) is 3.68. The normalized spacial score (nSPS) is 10.1. The van der Waals surface area contributed by atoms with Gasteiger partial charge in [0.25, 0.3) is 0 Å². The molecule has 2 rings (SSSR count). The van der Waals surface area contributed by atoms with Crippen LogP contribution in [0, 0.1) is 6.07 Å². The standard InChI is InChI=1S/C12H7Cl2/c13-11-8-4-7-10(12(11)14)9-5-2-1-3-6-9/h1-2,4-8H. The second kappa shape index (κ2) is 4.04. The molecule has 0 atom stereocenters. The molecule has 0 spiro atoms. The van der Waals surface area contributed by atoms with E-state index in [1.807, 2.05) is 36.4 Å². The summed E-state index contributed by atoms with van der Waals surface area (Å²) in [6.45, 7) is 0. The lowest BCUT2D eigenvalue weighted by Crippen LogP contribution is -1.79. The first kappa shape index (κ1) is 9.57. The minimum absolute atomic E-state index is 0.577. The van der Waals surface area contributed by atoms with E-state index in [1.54, 1.807) is 6.07 Å². The zero-order valence-corrected chi connectivity index (χ0v) is 8.81. The summed E-state index contributed by atoms with van der Waals surface area (Å²) < 4.78 is 0. The first-order valence-electron chi connectivity index (χ1n) is 4.19. The van der Waals surface area contributed by atoms with Crippen LogP contribution in [0.15, 0.2) is 42.5 Å². The lowest BCUT2D eigenvalue weighted by atomic mass is 10.1.